The van der Waals surface area contributed by atoms with Crippen LogP contribution in [0.5, 0.6) is 0 Å². The quantitative estimate of drug-likeness (QED) is 0.639. The van der Waals surface area contributed by atoms with E-state index in [2.05, 4.69) is 10.3 Å². The Bertz CT molecular complexity index is 980. The lowest BCUT2D eigenvalue weighted by Crippen LogP contribution is -2.16. The van der Waals surface area contributed by atoms with Gasteiger partial charge in [0.25, 0.3) is 5.91 Å². The van der Waals surface area contributed by atoms with Crippen molar-refractivity contribution in [3.05, 3.63) is 64.6 Å². The number of ether oxygens (including phenoxy) is 1. The second-order valence-electron chi connectivity index (χ2n) is 6.00. The van der Waals surface area contributed by atoms with E-state index < -0.39 is 0 Å². The Kier molecular flexibility index (Phi) is 5.76. The van der Waals surface area contributed by atoms with Crippen molar-refractivity contribution < 1.29 is 14.3 Å². The van der Waals surface area contributed by atoms with Gasteiger partial charge in [0, 0.05) is 11.9 Å². The van der Waals surface area contributed by atoms with Crippen LogP contribution in [0, 0.1) is 0 Å². The number of hydrogen-bond donors (Lipinski definition) is 1. The summed E-state index contributed by atoms with van der Waals surface area (Å²) >= 11 is 6.07. The molecule has 0 saturated heterocycles. The van der Waals surface area contributed by atoms with Crippen molar-refractivity contribution in [2.75, 3.05) is 11.9 Å². The number of pyridine rings is 1. The topological polar surface area (TPSA) is 72.7 Å². The minimum atomic E-state index is -0.376. The number of fused-ring (bicyclic) bond motifs is 1. The molecule has 1 aromatic carbocycles. The third kappa shape index (κ3) is 4.11. The number of aromatic nitrogens is 2. The average Bonchev–Trinajstić information content (AvgIpc) is 3.04. The first-order chi connectivity index (χ1) is 13.0. The van der Waals surface area contributed by atoms with E-state index in [0.29, 0.717) is 46.3 Å². The standard InChI is InChI=1S/C20H20ClN3O3/c1-3-11-27-20(26)13-5-8-15(9-6-13)22-19(25)18-16(4-2)23-17-10-7-14(21)12-24(17)18/h5-10,12H,3-4,11H2,1-2H3,(H,22,25). The van der Waals surface area contributed by atoms with E-state index in [9.17, 15) is 9.59 Å². The Balaban J connectivity index is 1.82. The molecule has 0 saturated carbocycles. The molecular formula is C20H20ClN3O3. The van der Waals surface area contributed by atoms with Gasteiger partial charge in [-0.2, -0.15) is 0 Å². The fourth-order valence-corrected chi connectivity index (χ4v) is 2.87. The van der Waals surface area contributed by atoms with Gasteiger partial charge in [0.15, 0.2) is 0 Å². The predicted molar refractivity (Wildman–Crippen MR) is 105 cm³/mol. The van der Waals surface area contributed by atoms with E-state index in [1.807, 2.05) is 13.8 Å². The summed E-state index contributed by atoms with van der Waals surface area (Å²) < 4.78 is 6.78. The maximum absolute atomic E-state index is 12.8. The van der Waals surface area contributed by atoms with Crippen molar-refractivity contribution >= 4 is 34.8 Å². The smallest absolute Gasteiger partial charge is 0.338 e. The molecule has 140 valence electrons. The molecule has 1 amide bonds. The second kappa shape index (κ2) is 8.22. The van der Waals surface area contributed by atoms with E-state index in [-0.39, 0.29) is 11.9 Å². The number of imidazole rings is 1. The average molecular weight is 386 g/mol. The number of aryl methyl sites for hydroxylation is 1. The Labute approximate surface area is 162 Å². The molecule has 3 aromatic rings. The predicted octanol–water partition coefficient (Wildman–Crippen LogP) is 4.37. The van der Waals surface area contributed by atoms with E-state index in [1.54, 1.807) is 47.0 Å². The maximum atomic E-state index is 12.8. The summed E-state index contributed by atoms with van der Waals surface area (Å²) in [6, 6.07) is 10.1. The summed E-state index contributed by atoms with van der Waals surface area (Å²) in [6.45, 7) is 4.26. The maximum Gasteiger partial charge on any atom is 0.338 e. The molecule has 27 heavy (non-hydrogen) atoms. The highest BCUT2D eigenvalue weighted by Crippen LogP contribution is 2.19. The Hall–Kier alpha value is -2.86. The van der Waals surface area contributed by atoms with E-state index >= 15 is 0 Å². The molecule has 0 radical (unpaired) electrons. The number of amides is 1. The number of hydrogen-bond acceptors (Lipinski definition) is 4. The van der Waals surface area contributed by atoms with Crippen molar-refractivity contribution in [1.29, 1.82) is 0 Å². The summed E-state index contributed by atoms with van der Waals surface area (Å²) in [5, 5.41) is 3.36. The van der Waals surface area contributed by atoms with Crippen molar-refractivity contribution in [2.24, 2.45) is 0 Å². The Morgan fingerprint density at radius 2 is 1.89 bits per heavy atom. The zero-order chi connectivity index (χ0) is 19.4. The first-order valence-electron chi connectivity index (χ1n) is 8.78. The number of anilines is 1. The van der Waals surface area contributed by atoms with E-state index in [4.69, 9.17) is 16.3 Å². The van der Waals surface area contributed by atoms with Crippen LogP contribution in [0.2, 0.25) is 5.02 Å². The Morgan fingerprint density at radius 1 is 1.15 bits per heavy atom. The van der Waals surface area contributed by atoms with Gasteiger partial charge in [0.2, 0.25) is 0 Å². The van der Waals surface area contributed by atoms with Crippen molar-refractivity contribution in [2.45, 2.75) is 26.7 Å². The normalized spacial score (nSPS) is 10.8. The first-order valence-corrected chi connectivity index (χ1v) is 9.16. The van der Waals surface area contributed by atoms with Gasteiger partial charge in [0.1, 0.15) is 11.3 Å². The number of carbonyl (C=O) groups is 2. The first kappa shape index (κ1) is 18.9. The highest BCUT2D eigenvalue weighted by molar-refractivity contribution is 6.30. The lowest BCUT2D eigenvalue weighted by molar-refractivity contribution is 0.0505. The molecule has 2 aromatic heterocycles. The van der Waals surface area contributed by atoms with Gasteiger partial charge in [0.05, 0.1) is 22.9 Å². The second-order valence-corrected chi connectivity index (χ2v) is 6.44. The van der Waals surface area contributed by atoms with Crippen LogP contribution in [0.4, 0.5) is 5.69 Å². The van der Waals surface area contributed by atoms with E-state index in [1.165, 1.54) is 0 Å². The molecule has 0 atom stereocenters. The molecule has 2 heterocycles. The fourth-order valence-electron chi connectivity index (χ4n) is 2.71. The monoisotopic (exact) mass is 385 g/mol. The van der Waals surface area contributed by atoms with Gasteiger partial charge in [-0.05, 0) is 49.2 Å². The molecule has 0 fully saturated rings. The van der Waals surface area contributed by atoms with Crippen molar-refractivity contribution in [3.63, 3.8) is 0 Å². The molecule has 0 aliphatic carbocycles. The zero-order valence-electron chi connectivity index (χ0n) is 15.2. The summed E-state index contributed by atoms with van der Waals surface area (Å²) in [4.78, 5) is 29.2. The van der Waals surface area contributed by atoms with Crippen LogP contribution in [0.15, 0.2) is 42.6 Å². The lowest BCUT2D eigenvalue weighted by atomic mass is 10.2. The number of halogens is 1. The molecule has 0 aliphatic rings. The minimum absolute atomic E-state index is 0.289. The van der Waals surface area contributed by atoms with Crippen LogP contribution in [0.25, 0.3) is 5.65 Å². The van der Waals surface area contributed by atoms with Gasteiger partial charge >= 0.3 is 5.97 Å². The zero-order valence-corrected chi connectivity index (χ0v) is 15.9. The third-order valence-electron chi connectivity index (χ3n) is 4.02. The molecule has 6 nitrogen and oxygen atoms in total. The lowest BCUT2D eigenvalue weighted by Gasteiger charge is -2.08. The van der Waals surface area contributed by atoms with Gasteiger partial charge < -0.3 is 10.1 Å². The number of rotatable bonds is 6. The molecule has 1 N–H and O–H groups in total. The third-order valence-corrected chi connectivity index (χ3v) is 4.24. The molecule has 3 rings (SSSR count). The van der Waals surface area contributed by atoms with Gasteiger partial charge in [-0.15, -0.1) is 0 Å². The van der Waals surface area contributed by atoms with Crippen LogP contribution in [-0.2, 0) is 11.2 Å². The largest absolute Gasteiger partial charge is 0.462 e. The highest BCUT2D eigenvalue weighted by Gasteiger charge is 2.19. The highest BCUT2D eigenvalue weighted by atomic mass is 35.5. The van der Waals surface area contributed by atoms with Crippen LogP contribution in [0.1, 0.15) is 46.8 Å². The molecule has 0 unspecified atom stereocenters. The Morgan fingerprint density at radius 3 is 2.56 bits per heavy atom. The summed E-state index contributed by atoms with van der Waals surface area (Å²) in [6.07, 6.45) is 3.05. The summed E-state index contributed by atoms with van der Waals surface area (Å²) in [5.41, 5.74) is 2.81. The molecule has 7 heteroatoms. The summed E-state index contributed by atoms with van der Waals surface area (Å²) in [5.74, 6) is -0.664. The van der Waals surface area contributed by atoms with Gasteiger partial charge in [-0.25, -0.2) is 9.78 Å². The molecular weight excluding hydrogens is 366 g/mol. The van der Waals surface area contributed by atoms with Crippen molar-refractivity contribution in [3.8, 4) is 0 Å². The van der Waals surface area contributed by atoms with Crippen LogP contribution in [-0.4, -0.2) is 27.9 Å². The van der Waals surface area contributed by atoms with Gasteiger partial charge in [-0.3, -0.25) is 9.20 Å². The van der Waals surface area contributed by atoms with Crippen LogP contribution in [0.3, 0.4) is 0 Å². The number of nitrogens with zero attached hydrogens (tertiary/aromatic N) is 2. The molecule has 0 bridgehead atoms. The van der Waals surface area contributed by atoms with E-state index in [0.717, 1.165) is 6.42 Å². The number of carbonyl (C=O) groups excluding carboxylic acids is 2. The SMILES string of the molecule is CCCOC(=O)c1ccc(NC(=O)c2c(CC)nc3ccc(Cl)cn23)cc1. The van der Waals surface area contributed by atoms with Crippen LogP contribution >= 0.6 is 11.6 Å². The minimum Gasteiger partial charge on any atom is -0.462 e. The number of esters is 1. The molecule has 0 spiro atoms. The van der Waals surface area contributed by atoms with Crippen LogP contribution < -0.4 is 5.32 Å². The summed E-state index contributed by atoms with van der Waals surface area (Å²) in [7, 11) is 0. The fraction of sp³-hybridized carbons (Fsp3) is 0.250. The van der Waals surface area contributed by atoms with Crippen molar-refractivity contribution in [1.82, 2.24) is 9.38 Å². The molecule has 0 aliphatic heterocycles. The number of nitrogens with one attached hydrogen (secondary N) is 1. The van der Waals surface area contributed by atoms with Gasteiger partial charge in [-0.1, -0.05) is 25.4 Å². The number of benzene rings is 1.